The summed E-state index contributed by atoms with van der Waals surface area (Å²) in [5.74, 6) is 0.293. The van der Waals surface area contributed by atoms with Crippen LogP contribution >= 0.6 is 15.9 Å². The van der Waals surface area contributed by atoms with E-state index in [0.717, 1.165) is 22.0 Å². The number of rotatable bonds is 3. The summed E-state index contributed by atoms with van der Waals surface area (Å²) < 4.78 is 0.978. The number of likely N-dealkylation sites (tertiary alicyclic amines) is 1. The van der Waals surface area contributed by atoms with Crippen LogP contribution in [0.2, 0.25) is 0 Å². The average molecular weight is 443 g/mol. The van der Waals surface area contributed by atoms with Crippen LogP contribution in [-0.4, -0.2) is 28.7 Å². The van der Waals surface area contributed by atoms with Gasteiger partial charge in [-0.1, -0.05) is 28.1 Å². The quantitative estimate of drug-likeness (QED) is 0.575. The molecule has 28 heavy (non-hydrogen) atoms. The molecular weight excluding hydrogens is 420 g/mol. The Balaban J connectivity index is 1.38. The van der Waals surface area contributed by atoms with E-state index in [9.17, 15) is 14.4 Å². The molecule has 7 atom stereocenters. The summed E-state index contributed by atoms with van der Waals surface area (Å²) in [6, 6.07) is 2.91. The molecule has 6 heteroatoms. The fraction of sp³-hybridized carbons (Fsp3) is 0.500. The van der Waals surface area contributed by atoms with Gasteiger partial charge in [-0.3, -0.25) is 19.3 Å². The van der Waals surface area contributed by atoms with E-state index in [0.29, 0.717) is 17.5 Å². The third-order valence-corrected chi connectivity index (χ3v) is 8.30. The fourth-order valence-corrected chi connectivity index (χ4v) is 6.07. The lowest BCUT2D eigenvalue weighted by atomic mass is 9.63. The number of nitrogens with zero attached hydrogens (tertiary/aromatic N) is 1. The number of anilines is 1. The third kappa shape index (κ3) is 2.33. The van der Waals surface area contributed by atoms with Crippen molar-refractivity contribution in [3.8, 4) is 0 Å². The second kappa shape index (κ2) is 6.02. The number of benzene rings is 1. The number of hydrogen-bond acceptors (Lipinski definition) is 3. The summed E-state index contributed by atoms with van der Waals surface area (Å²) in [5, 5.41) is 2.91. The molecule has 3 amide bonds. The Morgan fingerprint density at radius 1 is 1.07 bits per heavy atom. The van der Waals surface area contributed by atoms with Crippen LogP contribution in [0.15, 0.2) is 28.8 Å². The molecule has 1 N–H and O–H groups in total. The van der Waals surface area contributed by atoms with E-state index >= 15 is 0 Å². The fourth-order valence-electron chi connectivity index (χ4n) is 5.64. The van der Waals surface area contributed by atoms with Gasteiger partial charge in [0, 0.05) is 10.2 Å². The van der Waals surface area contributed by atoms with Crippen LogP contribution in [0.3, 0.4) is 0 Å². The highest BCUT2D eigenvalue weighted by molar-refractivity contribution is 9.10. The van der Waals surface area contributed by atoms with Crippen molar-refractivity contribution in [1.29, 1.82) is 0 Å². The minimum absolute atomic E-state index is 0.161. The molecule has 1 aromatic carbocycles. The maximum atomic E-state index is 13.2. The smallest absolute Gasteiger partial charge is 0.247 e. The van der Waals surface area contributed by atoms with Gasteiger partial charge in [0.25, 0.3) is 0 Å². The summed E-state index contributed by atoms with van der Waals surface area (Å²) in [6.07, 6.45) is 5.43. The maximum absolute atomic E-state index is 13.2. The first-order valence-electron chi connectivity index (χ1n) is 9.93. The van der Waals surface area contributed by atoms with Gasteiger partial charge in [-0.2, -0.15) is 0 Å². The summed E-state index contributed by atoms with van der Waals surface area (Å²) >= 11 is 3.49. The van der Waals surface area contributed by atoms with E-state index in [1.807, 2.05) is 26.0 Å². The highest BCUT2D eigenvalue weighted by Gasteiger charge is 2.67. The Kier molecular flexibility index (Phi) is 3.89. The van der Waals surface area contributed by atoms with Crippen molar-refractivity contribution in [2.75, 3.05) is 5.32 Å². The predicted octanol–water partition coefficient (Wildman–Crippen LogP) is 3.45. The van der Waals surface area contributed by atoms with Crippen molar-refractivity contribution in [3.05, 3.63) is 39.9 Å². The number of halogens is 1. The van der Waals surface area contributed by atoms with Gasteiger partial charge in [0.1, 0.15) is 6.04 Å². The number of allylic oxidation sites excluding steroid dienone is 2. The van der Waals surface area contributed by atoms with E-state index in [4.69, 9.17) is 0 Å². The molecule has 2 bridgehead atoms. The number of carbonyl (C=O) groups excluding carboxylic acids is 3. The summed E-state index contributed by atoms with van der Waals surface area (Å²) in [6.45, 7) is 5.57. The van der Waals surface area contributed by atoms with Crippen LogP contribution in [0.4, 0.5) is 5.69 Å². The molecule has 4 aliphatic carbocycles. The highest BCUT2D eigenvalue weighted by atomic mass is 79.9. The van der Waals surface area contributed by atoms with Crippen LogP contribution < -0.4 is 5.32 Å². The number of nitrogens with one attached hydrogen (secondary N) is 1. The van der Waals surface area contributed by atoms with E-state index in [2.05, 4.69) is 33.4 Å². The van der Waals surface area contributed by atoms with Gasteiger partial charge in [0.15, 0.2) is 0 Å². The second-order valence-corrected chi connectivity index (χ2v) is 9.57. The van der Waals surface area contributed by atoms with Gasteiger partial charge in [-0.05, 0) is 74.1 Å². The van der Waals surface area contributed by atoms with E-state index < -0.39 is 6.04 Å². The lowest BCUT2D eigenvalue weighted by Crippen LogP contribution is -2.46. The molecule has 5 nitrogen and oxygen atoms in total. The third-order valence-electron chi connectivity index (χ3n) is 7.44. The molecule has 5 aliphatic rings. The lowest BCUT2D eigenvalue weighted by Gasteiger charge is -2.37. The van der Waals surface area contributed by atoms with E-state index in [-0.39, 0.29) is 41.4 Å². The molecule has 3 fully saturated rings. The van der Waals surface area contributed by atoms with Gasteiger partial charge in [0.05, 0.1) is 11.8 Å². The largest absolute Gasteiger partial charge is 0.324 e. The minimum atomic E-state index is -0.815. The molecule has 0 radical (unpaired) electrons. The Labute approximate surface area is 172 Å². The standard InChI is InChI=1S/C22H23BrN2O3/c1-9-10(2)17(7-6-16(9)23)24-20(26)11(3)25-21(27)18-12-4-5-13(15-8-14(12)15)19(18)22(25)28/h4-7,11-15,18-19H,8H2,1-3H3,(H,24,26). The Morgan fingerprint density at radius 2 is 1.64 bits per heavy atom. The number of amides is 3. The molecule has 6 rings (SSSR count). The molecule has 1 heterocycles. The maximum Gasteiger partial charge on any atom is 0.247 e. The van der Waals surface area contributed by atoms with Crippen molar-refractivity contribution >= 4 is 39.3 Å². The van der Waals surface area contributed by atoms with Crippen LogP contribution in [0.1, 0.15) is 24.5 Å². The molecule has 1 saturated heterocycles. The molecule has 0 aromatic heterocycles. The molecule has 1 aromatic rings. The normalized spacial score (nSPS) is 35.6. The lowest BCUT2D eigenvalue weighted by molar-refractivity contribution is -0.146. The zero-order valence-corrected chi connectivity index (χ0v) is 17.7. The molecule has 146 valence electrons. The zero-order valence-electron chi connectivity index (χ0n) is 16.1. The first kappa shape index (κ1) is 18.1. The van der Waals surface area contributed by atoms with Gasteiger partial charge in [0.2, 0.25) is 17.7 Å². The van der Waals surface area contributed by atoms with Crippen LogP contribution in [0, 0.1) is 49.4 Å². The number of imide groups is 1. The van der Waals surface area contributed by atoms with Crippen molar-refractivity contribution < 1.29 is 14.4 Å². The van der Waals surface area contributed by atoms with Crippen LogP contribution in [0.25, 0.3) is 0 Å². The molecule has 2 saturated carbocycles. The molecule has 7 unspecified atom stereocenters. The van der Waals surface area contributed by atoms with Crippen LogP contribution in [-0.2, 0) is 14.4 Å². The number of carbonyl (C=O) groups is 3. The monoisotopic (exact) mass is 442 g/mol. The summed E-state index contributed by atoms with van der Waals surface area (Å²) in [4.78, 5) is 40.5. The zero-order chi connectivity index (χ0) is 19.9. The van der Waals surface area contributed by atoms with Crippen LogP contribution in [0.5, 0.6) is 0 Å². The average Bonchev–Trinajstić information content (AvgIpc) is 3.45. The van der Waals surface area contributed by atoms with Gasteiger partial charge in [-0.25, -0.2) is 0 Å². The topological polar surface area (TPSA) is 66.5 Å². The molecular formula is C22H23BrN2O3. The van der Waals surface area contributed by atoms with Gasteiger partial charge >= 0.3 is 0 Å². The SMILES string of the molecule is Cc1c(Br)ccc(NC(=O)C(C)N2C(=O)C3C4C=CC(C5CC45)C3C2=O)c1C. The van der Waals surface area contributed by atoms with E-state index in [1.54, 1.807) is 6.92 Å². The second-order valence-electron chi connectivity index (χ2n) is 8.71. The Bertz CT molecular complexity index is 919. The van der Waals surface area contributed by atoms with Crippen molar-refractivity contribution in [2.24, 2.45) is 35.5 Å². The van der Waals surface area contributed by atoms with Gasteiger partial charge in [-0.15, -0.1) is 0 Å². The highest BCUT2D eigenvalue weighted by Crippen LogP contribution is 2.65. The minimum Gasteiger partial charge on any atom is -0.324 e. The molecule has 1 aliphatic heterocycles. The number of hydrogen-bond donors (Lipinski definition) is 1. The summed E-state index contributed by atoms with van der Waals surface area (Å²) in [7, 11) is 0. The predicted molar refractivity (Wildman–Crippen MR) is 108 cm³/mol. The van der Waals surface area contributed by atoms with Crippen molar-refractivity contribution in [3.63, 3.8) is 0 Å². The Hall–Kier alpha value is -1.95. The van der Waals surface area contributed by atoms with Crippen molar-refractivity contribution in [1.82, 2.24) is 4.90 Å². The van der Waals surface area contributed by atoms with Crippen molar-refractivity contribution in [2.45, 2.75) is 33.2 Å². The molecule has 0 spiro atoms. The van der Waals surface area contributed by atoms with E-state index in [1.165, 1.54) is 4.90 Å². The van der Waals surface area contributed by atoms with Gasteiger partial charge < -0.3 is 5.32 Å². The first-order valence-corrected chi connectivity index (χ1v) is 10.7. The first-order chi connectivity index (χ1) is 13.3. The summed E-state index contributed by atoms with van der Waals surface area (Å²) in [5.41, 5.74) is 2.72. The Morgan fingerprint density at radius 3 is 2.21 bits per heavy atom.